The van der Waals surface area contributed by atoms with Crippen molar-refractivity contribution in [2.75, 3.05) is 37.4 Å². The van der Waals surface area contributed by atoms with Gasteiger partial charge in [0.15, 0.2) is 9.84 Å². The van der Waals surface area contributed by atoms with Crippen LogP contribution < -0.4 is 5.73 Å². The van der Waals surface area contributed by atoms with Crippen LogP contribution in [0.25, 0.3) is 0 Å². The second-order valence-electron chi connectivity index (χ2n) is 4.71. The van der Waals surface area contributed by atoms with Gasteiger partial charge in [0.25, 0.3) is 0 Å². The highest BCUT2D eigenvalue weighted by Gasteiger charge is 2.27. The molecule has 1 aliphatic rings. The van der Waals surface area contributed by atoms with Crippen LogP contribution >= 0.6 is 11.8 Å². The highest BCUT2D eigenvalue weighted by molar-refractivity contribution is 7.98. The van der Waals surface area contributed by atoms with E-state index in [4.69, 9.17) is 5.73 Å². The molecule has 2 N–H and O–H groups in total. The first kappa shape index (κ1) is 14.8. The largest absolute Gasteiger partial charge is 0.329 e. The number of hydrogen-bond acceptors (Lipinski definition) is 5. The predicted molar refractivity (Wildman–Crippen MR) is 80.2 cm³/mol. The molecular weight excluding hydrogens is 280 g/mol. The van der Waals surface area contributed by atoms with E-state index in [0.29, 0.717) is 19.6 Å². The Morgan fingerprint density at radius 3 is 2.32 bits per heavy atom. The average Bonchev–Trinajstić information content (AvgIpc) is 2.42. The lowest BCUT2D eigenvalue weighted by Crippen LogP contribution is -2.44. The van der Waals surface area contributed by atoms with Gasteiger partial charge >= 0.3 is 0 Å². The first-order valence-corrected chi connectivity index (χ1v) is 9.39. The van der Waals surface area contributed by atoms with E-state index in [9.17, 15) is 8.42 Å². The zero-order valence-electron chi connectivity index (χ0n) is 11.1. The van der Waals surface area contributed by atoms with Crippen molar-refractivity contribution in [2.24, 2.45) is 5.73 Å². The van der Waals surface area contributed by atoms with Gasteiger partial charge in [0.05, 0.1) is 11.5 Å². The molecule has 0 aliphatic carbocycles. The molecular formula is C13H20N2O2S2. The van der Waals surface area contributed by atoms with E-state index in [0.717, 1.165) is 0 Å². The molecule has 1 aromatic carbocycles. The summed E-state index contributed by atoms with van der Waals surface area (Å²) in [4.78, 5) is 3.40. The van der Waals surface area contributed by atoms with Crippen LogP contribution in [0.1, 0.15) is 11.6 Å². The summed E-state index contributed by atoms with van der Waals surface area (Å²) in [6, 6.07) is 8.47. The number of benzene rings is 1. The smallest absolute Gasteiger partial charge is 0.152 e. The Hall–Kier alpha value is -0.560. The molecule has 0 radical (unpaired) electrons. The van der Waals surface area contributed by atoms with Crippen LogP contribution in [0.4, 0.5) is 0 Å². The third kappa shape index (κ3) is 3.72. The van der Waals surface area contributed by atoms with Crippen LogP contribution in [0.5, 0.6) is 0 Å². The van der Waals surface area contributed by atoms with Crippen molar-refractivity contribution in [3.63, 3.8) is 0 Å². The fraction of sp³-hybridized carbons (Fsp3) is 0.538. The molecule has 0 amide bonds. The van der Waals surface area contributed by atoms with Gasteiger partial charge < -0.3 is 5.73 Å². The zero-order chi connectivity index (χ0) is 13.9. The van der Waals surface area contributed by atoms with E-state index in [-0.39, 0.29) is 17.5 Å². The van der Waals surface area contributed by atoms with Gasteiger partial charge in [-0.1, -0.05) is 12.1 Å². The maximum Gasteiger partial charge on any atom is 0.152 e. The van der Waals surface area contributed by atoms with Gasteiger partial charge in [-0.3, -0.25) is 4.90 Å². The highest BCUT2D eigenvalue weighted by Crippen LogP contribution is 2.24. The predicted octanol–water partition coefficient (Wildman–Crippen LogP) is 1.14. The third-order valence-electron chi connectivity index (χ3n) is 3.54. The Morgan fingerprint density at radius 2 is 1.84 bits per heavy atom. The lowest BCUT2D eigenvalue weighted by atomic mass is 10.1. The van der Waals surface area contributed by atoms with Gasteiger partial charge in [-0.05, 0) is 24.0 Å². The number of hydrogen-bond donors (Lipinski definition) is 1. The van der Waals surface area contributed by atoms with Crippen LogP contribution in [-0.4, -0.2) is 50.7 Å². The molecule has 0 spiro atoms. The van der Waals surface area contributed by atoms with Gasteiger partial charge in [-0.2, -0.15) is 0 Å². The molecule has 1 fully saturated rings. The molecule has 19 heavy (non-hydrogen) atoms. The van der Waals surface area contributed by atoms with E-state index in [1.54, 1.807) is 11.8 Å². The molecule has 1 saturated heterocycles. The van der Waals surface area contributed by atoms with Crippen molar-refractivity contribution in [3.05, 3.63) is 29.8 Å². The molecule has 1 unspecified atom stereocenters. The van der Waals surface area contributed by atoms with E-state index < -0.39 is 9.84 Å². The van der Waals surface area contributed by atoms with Crippen molar-refractivity contribution in [1.29, 1.82) is 0 Å². The maximum atomic E-state index is 11.5. The topological polar surface area (TPSA) is 63.4 Å². The second kappa shape index (κ2) is 6.26. The summed E-state index contributed by atoms with van der Waals surface area (Å²) in [7, 11) is -2.84. The fourth-order valence-corrected chi connectivity index (χ4v) is 4.00. The van der Waals surface area contributed by atoms with Crippen LogP contribution in [0.3, 0.4) is 0 Å². The minimum atomic E-state index is -2.84. The fourth-order valence-electron chi connectivity index (χ4n) is 2.36. The standard InChI is InChI=1S/C13H20N2O2S2/c1-18-12-4-2-11(3-5-12)13(10-14)15-6-8-19(16,17)9-7-15/h2-5,13H,6-10,14H2,1H3. The minimum absolute atomic E-state index is 0.117. The SMILES string of the molecule is CSc1ccc(C(CN)N2CCS(=O)(=O)CC2)cc1. The summed E-state index contributed by atoms with van der Waals surface area (Å²) in [6.45, 7) is 1.67. The number of thioether (sulfide) groups is 1. The number of nitrogens with zero attached hydrogens (tertiary/aromatic N) is 1. The quantitative estimate of drug-likeness (QED) is 0.845. The number of nitrogens with two attached hydrogens (primary N) is 1. The lowest BCUT2D eigenvalue weighted by Gasteiger charge is -2.34. The van der Waals surface area contributed by atoms with Crippen molar-refractivity contribution in [2.45, 2.75) is 10.9 Å². The van der Waals surface area contributed by atoms with Crippen LogP contribution in [0.2, 0.25) is 0 Å². The molecule has 0 bridgehead atoms. The second-order valence-corrected chi connectivity index (χ2v) is 7.90. The summed E-state index contributed by atoms with van der Waals surface area (Å²) in [5, 5.41) is 0. The van der Waals surface area contributed by atoms with Crippen molar-refractivity contribution < 1.29 is 8.42 Å². The van der Waals surface area contributed by atoms with Gasteiger partial charge in [-0.25, -0.2) is 8.42 Å². The number of sulfone groups is 1. The maximum absolute atomic E-state index is 11.5. The van der Waals surface area contributed by atoms with Gasteiger partial charge in [0, 0.05) is 30.6 Å². The summed E-state index contributed by atoms with van der Waals surface area (Å²) in [5.74, 6) is 0.485. The Bertz CT molecular complexity index is 500. The molecule has 4 nitrogen and oxygen atoms in total. The van der Waals surface area contributed by atoms with Crippen LogP contribution in [0, 0.1) is 0 Å². The zero-order valence-corrected chi connectivity index (χ0v) is 12.7. The van der Waals surface area contributed by atoms with Crippen molar-refractivity contribution >= 4 is 21.6 Å². The van der Waals surface area contributed by atoms with Gasteiger partial charge in [0.1, 0.15) is 0 Å². The van der Waals surface area contributed by atoms with E-state index >= 15 is 0 Å². The molecule has 6 heteroatoms. The van der Waals surface area contributed by atoms with Crippen LogP contribution in [-0.2, 0) is 9.84 Å². The van der Waals surface area contributed by atoms with E-state index in [1.165, 1.54) is 10.5 Å². The molecule has 1 aromatic rings. The summed E-state index contributed by atoms with van der Waals surface area (Å²) in [6.07, 6.45) is 2.05. The summed E-state index contributed by atoms with van der Waals surface area (Å²) >= 11 is 1.71. The first-order chi connectivity index (χ1) is 9.05. The Morgan fingerprint density at radius 1 is 1.26 bits per heavy atom. The molecule has 106 valence electrons. The average molecular weight is 300 g/mol. The van der Waals surface area contributed by atoms with Crippen LogP contribution in [0.15, 0.2) is 29.2 Å². The molecule has 1 atom stereocenters. The van der Waals surface area contributed by atoms with Crippen molar-refractivity contribution in [3.8, 4) is 0 Å². The van der Waals surface area contributed by atoms with Gasteiger partial charge in [-0.15, -0.1) is 11.8 Å². The monoisotopic (exact) mass is 300 g/mol. The summed E-state index contributed by atoms with van der Waals surface area (Å²) in [5.41, 5.74) is 7.04. The molecule has 1 aliphatic heterocycles. The Kier molecular flexibility index (Phi) is 4.89. The molecule has 1 heterocycles. The van der Waals surface area contributed by atoms with Gasteiger partial charge in [0.2, 0.25) is 0 Å². The number of rotatable bonds is 4. The first-order valence-electron chi connectivity index (χ1n) is 6.34. The normalized spacial score (nSPS) is 21.2. The molecule has 0 saturated carbocycles. The van der Waals surface area contributed by atoms with E-state index in [1.807, 2.05) is 6.26 Å². The Balaban J connectivity index is 2.11. The lowest BCUT2D eigenvalue weighted by molar-refractivity contribution is 0.219. The molecule has 2 rings (SSSR count). The minimum Gasteiger partial charge on any atom is -0.329 e. The Labute approximate surface area is 119 Å². The summed E-state index contributed by atoms with van der Waals surface area (Å²) < 4.78 is 22.9. The van der Waals surface area contributed by atoms with Crippen molar-refractivity contribution in [1.82, 2.24) is 4.90 Å². The highest BCUT2D eigenvalue weighted by atomic mass is 32.2. The molecule has 0 aromatic heterocycles. The van der Waals surface area contributed by atoms with E-state index in [2.05, 4.69) is 29.2 Å². The third-order valence-corrected chi connectivity index (χ3v) is 5.90.